The number of nitrogens with one attached hydrogen (secondary N) is 1. The van der Waals surface area contributed by atoms with Gasteiger partial charge in [-0.15, -0.1) is 0 Å². The maximum absolute atomic E-state index is 13.8. The SMILES string of the molecule is COc1ccc(C(=O)CN2C(=O)NC3(CCc4ccccc43)C2=O)cc1F. The van der Waals surface area contributed by atoms with Crippen LogP contribution in [0.25, 0.3) is 0 Å². The van der Waals surface area contributed by atoms with Crippen molar-refractivity contribution in [3.63, 3.8) is 0 Å². The summed E-state index contributed by atoms with van der Waals surface area (Å²) in [5.74, 6) is -1.63. The van der Waals surface area contributed by atoms with E-state index in [0.717, 1.165) is 22.1 Å². The van der Waals surface area contributed by atoms with Gasteiger partial charge in [0.15, 0.2) is 17.3 Å². The third-order valence-electron chi connectivity index (χ3n) is 5.20. The molecule has 138 valence electrons. The highest BCUT2D eigenvalue weighted by molar-refractivity contribution is 6.11. The van der Waals surface area contributed by atoms with Crippen LogP contribution in [0, 0.1) is 5.82 Å². The third kappa shape index (κ3) is 2.58. The van der Waals surface area contributed by atoms with E-state index in [1.165, 1.54) is 19.2 Å². The van der Waals surface area contributed by atoms with E-state index < -0.39 is 35.6 Å². The van der Waals surface area contributed by atoms with Crippen molar-refractivity contribution in [1.29, 1.82) is 0 Å². The van der Waals surface area contributed by atoms with Gasteiger partial charge in [-0.05, 0) is 42.2 Å². The summed E-state index contributed by atoms with van der Waals surface area (Å²) in [7, 11) is 1.33. The lowest BCUT2D eigenvalue weighted by Crippen LogP contribution is -2.42. The largest absolute Gasteiger partial charge is 0.494 e. The Labute approximate surface area is 154 Å². The van der Waals surface area contributed by atoms with Gasteiger partial charge in [-0.2, -0.15) is 0 Å². The fourth-order valence-electron chi connectivity index (χ4n) is 3.81. The van der Waals surface area contributed by atoms with Gasteiger partial charge in [-0.1, -0.05) is 24.3 Å². The van der Waals surface area contributed by atoms with Crippen LogP contribution in [0.5, 0.6) is 5.75 Å². The molecule has 0 radical (unpaired) electrons. The second kappa shape index (κ2) is 6.19. The van der Waals surface area contributed by atoms with Crippen molar-refractivity contribution >= 4 is 17.7 Å². The second-order valence-corrected chi connectivity index (χ2v) is 6.66. The minimum absolute atomic E-state index is 0.0167. The van der Waals surface area contributed by atoms with Crippen LogP contribution >= 0.6 is 0 Å². The number of imide groups is 1. The summed E-state index contributed by atoms with van der Waals surface area (Å²) >= 11 is 0. The van der Waals surface area contributed by atoms with Gasteiger partial charge in [0.1, 0.15) is 5.54 Å². The molecule has 1 spiro atoms. The van der Waals surface area contributed by atoms with Crippen molar-refractivity contribution in [3.05, 3.63) is 65.0 Å². The lowest BCUT2D eigenvalue weighted by Gasteiger charge is -2.22. The standard InChI is InChI=1S/C20H17FN2O4/c1-27-17-7-6-13(10-15(17)21)16(24)11-23-18(25)20(22-19(23)26)9-8-12-4-2-3-5-14(12)20/h2-7,10H,8-9,11H2,1H3,(H,22,26). The molecular weight excluding hydrogens is 351 g/mol. The summed E-state index contributed by atoms with van der Waals surface area (Å²) in [4.78, 5) is 38.9. The molecule has 3 amide bonds. The Bertz CT molecular complexity index is 974. The minimum atomic E-state index is -1.11. The monoisotopic (exact) mass is 368 g/mol. The number of methoxy groups -OCH3 is 1. The van der Waals surface area contributed by atoms with Gasteiger partial charge in [-0.3, -0.25) is 14.5 Å². The first-order chi connectivity index (χ1) is 13.0. The van der Waals surface area contributed by atoms with Gasteiger partial charge in [0, 0.05) is 5.56 Å². The van der Waals surface area contributed by atoms with Crippen molar-refractivity contribution in [3.8, 4) is 5.75 Å². The van der Waals surface area contributed by atoms with Crippen molar-refractivity contribution in [1.82, 2.24) is 10.2 Å². The summed E-state index contributed by atoms with van der Waals surface area (Å²) < 4.78 is 18.7. The van der Waals surface area contributed by atoms with E-state index >= 15 is 0 Å². The Balaban J connectivity index is 1.59. The zero-order valence-corrected chi connectivity index (χ0v) is 14.6. The number of rotatable bonds is 4. The molecule has 1 fully saturated rings. The van der Waals surface area contributed by atoms with E-state index in [9.17, 15) is 18.8 Å². The molecule has 27 heavy (non-hydrogen) atoms. The summed E-state index contributed by atoms with van der Waals surface area (Å²) in [6.07, 6.45) is 1.13. The molecule has 1 saturated heterocycles. The molecule has 0 bridgehead atoms. The van der Waals surface area contributed by atoms with Crippen molar-refractivity contribution in [2.75, 3.05) is 13.7 Å². The lowest BCUT2D eigenvalue weighted by atomic mass is 9.92. The van der Waals surface area contributed by atoms with E-state index in [1.807, 2.05) is 24.3 Å². The van der Waals surface area contributed by atoms with Gasteiger partial charge in [0.05, 0.1) is 13.7 Å². The summed E-state index contributed by atoms with van der Waals surface area (Å²) in [6.45, 7) is -0.444. The molecule has 4 rings (SSSR count). The number of Topliss-reactive ketones (excluding diaryl/α,β-unsaturated/α-hetero) is 1. The smallest absolute Gasteiger partial charge is 0.325 e. The zero-order valence-electron chi connectivity index (χ0n) is 14.6. The summed E-state index contributed by atoms with van der Waals surface area (Å²) in [5.41, 5.74) is 0.742. The Morgan fingerprint density at radius 3 is 2.78 bits per heavy atom. The molecule has 1 atom stereocenters. The molecule has 2 aromatic rings. The van der Waals surface area contributed by atoms with E-state index in [4.69, 9.17) is 4.74 Å². The van der Waals surface area contributed by atoms with E-state index in [1.54, 1.807) is 0 Å². The quantitative estimate of drug-likeness (QED) is 0.664. The number of hydrogen-bond donors (Lipinski definition) is 1. The highest BCUT2D eigenvalue weighted by atomic mass is 19.1. The van der Waals surface area contributed by atoms with Crippen LogP contribution in [0.1, 0.15) is 27.9 Å². The minimum Gasteiger partial charge on any atom is -0.494 e. The first-order valence-corrected chi connectivity index (χ1v) is 8.55. The van der Waals surface area contributed by atoms with E-state index in [-0.39, 0.29) is 11.3 Å². The van der Waals surface area contributed by atoms with Crippen LogP contribution in [0.4, 0.5) is 9.18 Å². The molecule has 7 heteroatoms. The Hall–Kier alpha value is -3.22. The average Bonchev–Trinajstić information content (AvgIpc) is 3.15. The predicted octanol–water partition coefficient (Wildman–Crippen LogP) is 2.41. The highest BCUT2D eigenvalue weighted by Crippen LogP contribution is 2.41. The average molecular weight is 368 g/mol. The van der Waals surface area contributed by atoms with Gasteiger partial charge in [0.2, 0.25) is 0 Å². The van der Waals surface area contributed by atoms with Crippen molar-refractivity contribution in [2.24, 2.45) is 0 Å². The maximum Gasteiger partial charge on any atom is 0.325 e. The van der Waals surface area contributed by atoms with Crippen LogP contribution in [0.2, 0.25) is 0 Å². The number of halogens is 1. The lowest BCUT2D eigenvalue weighted by molar-refractivity contribution is -0.131. The van der Waals surface area contributed by atoms with E-state index in [2.05, 4.69) is 5.32 Å². The molecule has 1 unspecified atom stereocenters. The second-order valence-electron chi connectivity index (χ2n) is 6.66. The Morgan fingerprint density at radius 1 is 1.26 bits per heavy atom. The van der Waals surface area contributed by atoms with Crippen LogP contribution < -0.4 is 10.1 Å². The van der Waals surface area contributed by atoms with Crippen molar-refractivity contribution in [2.45, 2.75) is 18.4 Å². The van der Waals surface area contributed by atoms with Gasteiger partial charge in [0.25, 0.3) is 5.91 Å². The molecule has 0 aromatic heterocycles. The predicted molar refractivity (Wildman–Crippen MR) is 94.0 cm³/mol. The first-order valence-electron chi connectivity index (χ1n) is 8.55. The number of hydrogen-bond acceptors (Lipinski definition) is 4. The van der Waals surface area contributed by atoms with Crippen LogP contribution in [0.15, 0.2) is 42.5 Å². The molecule has 2 aliphatic rings. The number of aryl methyl sites for hydroxylation is 1. The third-order valence-corrected chi connectivity index (χ3v) is 5.20. The van der Waals surface area contributed by atoms with Crippen LogP contribution in [-0.4, -0.2) is 36.3 Å². The number of carbonyl (C=O) groups is 3. The van der Waals surface area contributed by atoms with Crippen LogP contribution in [0.3, 0.4) is 0 Å². The number of ether oxygens (including phenoxy) is 1. The molecule has 1 N–H and O–H groups in total. The highest BCUT2D eigenvalue weighted by Gasteiger charge is 2.55. The molecule has 1 aliphatic heterocycles. The van der Waals surface area contributed by atoms with E-state index in [0.29, 0.717) is 12.8 Å². The zero-order chi connectivity index (χ0) is 19.2. The van der Waals surface area contributed by atoms with Gasteiger partial charge < -0.3 is 10.1 Å². The van der Waals surface area contributed by atoms with Crippen molar-refractivity contribution < 1.29 is 23.5 Å². The summed E-state index contributed by atoms with van der Waals surface area (Å²) in [6, 6.07) is 10.6. The Morgan fingerprint density at radius 2 is 2.04 bits per heavy atom. The number of nitrogens with zero attached hydrogens (tertiary/aromatic N) is 1. The number of urea groups is 1. The van der Waals surface area contributed by atoms with Gasteiger partial charge in [-0.25, -0.2) is 9.18 Å². The maximum atomic E-state index is 13.8. The molecule has 6 nitrogen and oxygen atoms in total. The number of fused-ring (bicyclic) bond motifs is 2. The Kier molecular flexibility index (Phi) is 3.95. The number of ketones is 1. The normalized spacial score (nSPS) is 20.7. The van der Waals surface area contributed by atoms with Gasteiger partial charge >= 0.3 is 6.03 Å². The fraction of sp³-hybridized carbons (Fsp3) is 0.250. The fourth-order valence-corrected chi connectivity index (χ4v) is 3.81. The number of benzene rings is 2. The van der Waals surface area contributed by atoms with Crippen LogP contribution in [-0.2, 0) is 16.8 Å². The molecule has 2 aromatic carbocycles. The molecule has 1 aliphatic carbocycles. The molecule has 0 saturated carbocycles. The summed E-state index contributed by atoms with van der Waals surface area (Å²) in [5, 5.41) is 2.76. The first kappa shape index (κ1) is 17.2. The molecule has 1 heterocycles. The molecular formula is C20H17FN2O4. The number of carbonyl (C=O) groups excluding carboxylic acids is 3. The number of amides is 3. The topological polar surface area (TPSA) is 75.7 Å².